The first-order chi connectivity index (χ1) is 15.7. The molecule has 0 spiro atoms. The highest BCUT2D eigenvalue weighted by molar-refractivity contribution is 7.87. The summed E-state index contributed by atoms with van der Waals surface area (Å²) < 4.78 is 72.6. The first kappa shape index (κ1) is 25.7. The fourth-order valence-electron chi connectivity index (χ4n) is 3.40. The summed E-state index contributed by atoms with van der Waals surface area (Å²) in [5.41, 5.74) is -5.13. The number of ether oxygens (including phenoxy) is 1. The molecule has 8 nitrogen and oxygen atoms in total. The van der Waals surface area contributed by atoms with Crippen molar-refractivity contribution < 1.29 is 35.3 Å². The Bertz CT molecular complexity index is 1150. The van der Waals surface area contributed by atoms with Gasteiger partial charge in [0.05, 0.1) is 5.69 Å². The number of carbonyl (C=O) groups is 1. The number of fused-ring (bicyclic) bond motifs is 1. The summed E-state index contributed by atoms with van der Waals surface area (Å²) in [4.78, 5) is 22.5. The van der Waals surface area contributed by atoms with E-state index in [0.29, 0.717) is 5.69 Å². The van der Waals surface area contributed by atoms with Gasteiger partial charge in [0, 0.05) is 31.0 Å². The molecular weight excluding hydrogens is 475 g/mol. The summed E-state index contributed by atoms with van der Waals surface area (Å²) in [6, 6.07) is 9.00. The van der Waals surface area contributed by atoms with Gasteiger partial charge in [0.1, 0.15) is 11.4 Å². The van der Waals surface area contributed by atoms with Crippen LogP contribution in [-0.2, 0) is 27.7 Å². The van der Waals surface area contributed by atoms with Crippen LogP contribution in [0.3, 0.4) is 0 Å². The van der Waals surface area contributed by atoms with E-state index in [4.69, 9.17) is 4.74 Å². The third-order valence-corrected chi connectivity index (χ3v) is 6.08. The molecule has 1 amide bonds. The third-order valence-electron chi connectivity index (χ3n) is 5.13. The Hall–Kier alpha value is -2.89. The molecule has 1 aromatic carbocycles. The normalized spacial score (nSPS) is 15.8. The summed E-state index contributed by atoms with van der Waals surface area (Å²) >= 11 is 0. The van der Waals surface area contributed by atoms with Crippen molar-refractivity contribution >= 4 is 16.2 Å². The van der Waals surface area contributed by atoms with E-state index in [-0.39, 0.29) is 37.3 Å². The van der Waals surface area contributed by atoms with Gasteiger partial charge in [0.25, 0.3) is 0 Å². The van der Waals surface area contributed by atoms with E-state index < -0.39 is 39.1 Å². The number of hydrogen-bond acceptors (Lipinski definition) is 7. The van der Waals surface area contributed by atoms with Crippen molar-refractivity contribution in [2.75, 3.05) is 13.1 Å². The minimum Gasteiger partial charge on any atom is -0.444 e. The molecule has 1 atom stereocenters. The molecule has 0 bridgehead atoms. The number of rotatable bonds is 4. The Labute approximate surface area is 196 Å². The van der Waals surface area contributed by atoms with Crippen LogP contribution < -0.4 is 4.18 Å². The molecule has 1 aliphatic rings. The first-order valence-electron chi connectivity index (χ1n) is 10.6. The van der Waals surface area contributed by atoms with Crippen molar-refractivity contribution in [3.8, 4) is 5.88 Å². The molecule has 2 heterocycles. The zero-order chi connectivity index (χ0) is 25.3. The summed E-state index contributed by atoms with van der Waals surface area (Å²) in [5.74, 6) is -1.01. The second kappa shape index (κ2) is 9.40. The zero-order valence-corrected chi connectivity index (χ0v) is 20.0. The average Bonchev–Trinajstić information content (AvgIpc) is 2.94. The second-order valence-corrected chi connectivity index (χ2v) is 10.4. The molecular formula is C22H26F3N3O5S. The topological polar surface area (TPSA) is 98.7 Å². The number of amides is 1. The van der Waals surface area contributed by atoms with Crippen LogP contribution in [0.2, 0.25) is 0 Å². The van der Waals surface area contributed by atoms with Crippen LogP contribution in [0.15, 0.2) is 30.3 Å². The monoisotopic (exact) mass is 501 g/mol. The minimum atomic E-state index is -5.95. The Morgan fingerprint density at radius 1 is 1.06 bits per heavy atom. The van der Waals surface area contributed by atoms with Gasteiger partial charge in [0.15, 0.2) is 0 Å². The predicted molar refractivity (Wildman–Crippen MR) is 117 cm³/mol. The number of benzene rings is 1. The minimum absolute atomic E-state index is 0.00269. The largest absolute Gasteiger partial charge is 0.534 e. The van der Waals surface area contributed by atoms with Gasteiger partial charge < -0.3 is 13.8 Å². The Balaban J connectivity index is 2.01. The van der Waals surface area contributed by atoms with Gasteiger partial charge in [-0.05, 0) is 32.8 Å². The lowest BCUT2D eigenvalue weighted by atomic mass is 10.00. The maximum atomic E-state index is 13.1. The zero-order valence-electron chi connectivity index (χ0n) is 19.2. The summed E-state index contributed by atoms with van der Waals surface area (Å²) in [6.45, 7) is 7.16. The smallest absolute Gasteiger partial charge is 0.444 e. The lowest BCUT2D eigenvalue weighted by Crippen LogP contribution is -2.38. The SMILES string of the molecule is CC(c1ccccc1)c1nc2c(c(OS(=O)(=O)C(F)(F)F)n1)CCN(C(=O)OC(C)(C)C)CC2. The summed E-state index contributed by atoms with van der Waals surface area (Å²) in [7, 11) is -5.95. The van der Waals surface area contributed by atoms with E-state index in [1.165, 1.54) is 4.90 Å². The van der Waals surface area contributed by atoms with Crippen LogP contribution in [0.1, 0.15) is 56.3 Å². The molecule has 1 unspecified atom stereocenters. The molecule has 34 heavy (non-hydrogen) atoms. The van der Waals surface area contributed by atoms with Gasteiger partial charge in [-0.15, -0.1) is 0 Å². The second-order valence-electron chi connectivity index (χ2n) is 8.90. The van der Waals surface area contributed by atoms with Crippen molar-refractivity contribution in [3.05, 3.63) is 53.0 Å². The molecule has 0 N–H and O–H groups in total. The predicted octanol–water partition coefficient (Wildman–Crippen LogP) is 4.19. The van der Waals surface area contributed by atoms with Crippen LogP contribution in [0.25, 0.3) is 0 Å². The maximum absolute atomic E-state index is 13.1. The molecule has 0 radical (unpaired) electrons. The van der Waals surface area contributed by atoms with Gasteiger partial charge >= 0.3 is 21.7 Å². The number of hydrogen-bond donors (Lipinski definition) is 0. The first-order valence-corrected chi connectivity index (χ1v) is 12.0. The van der Waals surface area contributed by atoms with Gasteiger partial charge in [-0.2, -0.15) is 26.6 Å². The van der Waals surface area contributed by atoms with Gasteiger partial charge in [-0.25, -0.2) is 9.78 Å². The molecule has 1 aromatic heterocycles. The number of halogens is 3. The number of carbonyl (C=O) groups excluding carboxylic acids is 1. The third kappa shape index (κ3) is 5.96. The molecule has 186 valence electrons. The number of alkyl halides is 3. The van der Waals surface area contributed by atoms with E-state index in [9.17, 15) is 26.4 Å². The van der Waals surface area contributed by atoms with E-state index in [2.05, 4.69) is 14.2 Å². The molecule has 0 aliphatic carbocycles. The highest BCUT2D eigenvalue weighted by Gasteiger charge is 2.49. The highest BCUT2D eigenvalue weighted by atomic mass is 32.2. The fraction of sp³-hybridized carbons (Fsp3) is 0.500. The van der Waals surface area contributed by atoms with Crippen LogP contribution in [0.4, 0.5) is 18.0 Å². The van der Waals surface area contributed by atoms with Crippen LogP contribution in [0, 0.1) is 0 Å². The lowest BCUT2D eigenvalue weighted by molar-refractivity contribution is -0.0501. The van der Waals surface area contributed by atoms with Crippen molar-refractivity contribution in [2.24, 2.45) is 0 Å². The molecule has 2 aromatic rings. The molecule has 0 saturated carbocycles. The van der Waals surface area contributed by atoms with Crippen LogP contribution in [-0.4, -0.2) is 53.6 Å². The Kier molecular flexibility index (Phi) is 7.11. The van der Waals surface area contributed by atoms with Crippen molar-refractivity contribution in [1.29, 1.82) is 0 Å². The van der Waals surface area contributed by atoms with Gasteiger partial charge in [-0.3, -0.25) is 0 Å². The fourth-order valence-corrected chi connectivity index (χ4v) is 3.84. The quantitative estimate of drug-likeness (QED) is 0.458. The number of aromatic nitrogens is 2. The molecule has 0 saturated heterocycles. The maximum Gasteiger partial charge on any atom is 0.534 e. The van der Waals surface area contributed by atoms with Crippen LogP contribution in [0.5, 0.6) is 5.88 Å². The highest BCUT2D eigenvalue weighted by Crippen LogP contribution is 2.32. The Morgan fingerprint density at radius 2 is 1.68 bits per heavy atom. The van der Waals surface area contributed by atoms with Crippen molar-refractivity contribution in [1.82, 2.24) is 14.9 Å². The van der Waals surface area contributed by atoms with E-state index >= 15 is 0 Å². The molecule has 3 rings (SSSR count). The summed E-state index contributed by atoms with van der Waals surface area (Å²) in [6.07, 6.45) is -0.429. The summed E-state index contributed by atoms with van der Waals surface area (Å²) in [5, 5.41) is 0. The standard InChI is InChI=1S/C22H26F3N3O5S/c1-14(15-8-6-5-7-9-15)18-26-17-11-13-28(20(29)32-21(2,3)4)12-10-16(17)19(27-18)33-34(30,31)22(23,24)25/h5-9,14H,10-13H2,1-4H3. The van der Waals surface area contributed by atoms with Crippen LogP contribution >= 0.6 is 0 Å². The van der Waals surface area contributed by atoms with Gasteiger partial charge in [-0.1, -0.05) is 37.3 Å². The van der Waals surface area contributed by atoms with Crippen molar-refractivity contribution in [3.63, 3.8) is 0 Å². The van der Waals surface area contributed by atoms with E-state index in [1.807, 2.05) is 6.07 Å². The Morgan fingerprint density at radius 3 is 2.26 bits per heavy atom. The molecule has 1 aliphatic heterocycles. The van der Waals surface area contributed by atoms with Crippen molar-refractivity contribution in [2.45, 2.75) is 57.6 Å². The average molecular weight is 502 g/mol. The lowest BCUT2D eigenvalue weighted by Gasteiger charge is -2.26. The van der Waals surface area contributed by atoms with E-state index in [0.717, 1.165) is 5.56 Å². The van der Waals surface area contributed by atoms with Gasteiger partial charge in [0.2, 0.25) is 5.88 Å². The molecule has 12 heteroatoms. The molecule has 0 fully saturated rings. The number of nitrogens with zero attached hydrogens (tertiary/aromatic N) is 3. The van der Waals surface area contributed by atoms with E-state index in [1.54, 1.807) is 52.0 Å².